The van der Waals surface area contributed by atoms with Crippen molar-refractivity contribution in [3.8, 4) is 0 Å². The quantitative estimate of drug-likeness (QED) is 0.799. The summed E-state index contributed by atoms with van der Waals surface area (Å²) in [6.45, 7) is 0. The highest BCUT2D eigenvalue weighted by Crippen LogP contribution is 2.32. The van der Waals surface area contributed by atoms with Crippen molar-refractivity contribution in [3.05, 3.63) is 46.6 Å². The first-order chi connectivity index (χ1) is 11.2. The summed E-state index contributed by atoms with van der Waals surface area (Å²) in [5.74, 6) is 0.375. The van der Waals surface area contributed by atoms with Gasteiger partial charge in [-0.3, -0.25) is 4.79 Å². The molecule has 2 atom stereocenters. The Balaban J connectivity index is 1.52. The fourth-order valence-corrected chi connectivity index (χ4v) is 4.10. The number of para-hydroxylation sites is 1. The van der Waals surface area contributed by atoms with Gasteiger partial charge in [0.25, 0.3) is 0 Å². The summed E-state index contributed by atoms with van der Waals surface area (Å²) in [6, 6.07) is 6.27. The molecule has 2 aliphatic carbocycles. The minimum absolute atomic E-state index is 0.152. The van der Waals surface area contributed by atoms with Crippen LogP contribution in [0.2, 0.25) is 5.02 Å². The standard InChI is InChI=1S/C19H21ClN2O/c20-16-8-4-7-14-15-11-13(9-10-17(15)22-18(14)16)21-19(23)12-5-2-1-3-6-12/h1-2,4,7-8,12-13,22H,3,5-6,9-11H2,(H,21,23). The first kappa shape index (κ1) is 14.8. The number of nitrogens with one attached hydrogen (secondary N) is 2. The van der Waals surface area contributed by atoms with Gasteiger partial charge in [-0.1, -0.05) is 35.9 Å². The van der Waals surface area contributed by atoms with E-state index in [1.807, 2.05) is 12.1 Å². The molecule has 2 N–H and O–H groups in total. The molecule has 0 aliphatic heterocycles. The van der Waals surface area contributed by atoms with Gasteiger partial charge in [0.05, 0.1) is 10.5 Å². The molecule has 23 heavy (non-hydrogen) atoms. The largest absolute Gasteiger partial charge is 0.357 e. The summed E-state index contributed by atoms with van der Waals surface area (Å²) >= 11 is 6.29. The van der Waals surface area contributed by atoms with Gasteiger partial charge in [0.1, 0.15) is 0 Å². The monoisotopic (exact) mass is 328 g/mol. The topological polar surface area (TPSA) is 44.9 Å². The molecular weight excluding hydrogens is 308 g/mol. The van der Waals surface area contributed by atoms with Crippen molar-refractivity contribution in [3.63, 3.8) is 0 Å². The molecule has 1 aromatic carbocycles. The molecular formula is C19H21ClN2O. The second-order valence-electron chi connectivity index (χ2n) is 6.67. The summed E-state index contributed by atoms with van der Waals surface area (Å²) in [5, 5.41) is 5.25. The van der Waals surface area contributed by atoms with E-state index in [-0.39, 0.29) is 17.9 Å². The Morgan fingerprint density at radius 1 is 1.26 bits per heavy atom. The van der Waals surface area contributed by atoms with Crippen molar-refractivity contribution < 1.29 is 4.79 Å². The van der Waals surface area contributed by atoms with Crippen molar-refractivity contribution in [2.24, 2.45) is 5.92 Å². The van der Waals surface area contributed by atoms with Gasteiger partial charge in [0.15, 0.2) is 0 Å². The maximum atomic E-state index is 12.5. The zero-order valence-electron chi connectivity index (χ0n) is 13.1. The third-order valence-corrected chi connectivity index (χ3v) is 5.47. The Hall–Kier alpha value is -1.74. The van der Waals surface area contributed by atoms with Gasteiger partial charge in [-0.05, 0) is 50.2 Å². The molecule has 3 nitrogen and oxygen atoms in total. The molecule has 0 fully saturated rings. The maximum Gasteiger partial charge on any atom is 0.223 e. The third-order valence-electron chi connectivity index (χ3n) is 5.16. The normalized spacial score (nSPS) is 23.7. The highest BCUT2D eigenvalue weighted by atomic mass is 35.5. The number of aromatic amines is 1. The molecule has 120 valence electrons. The van der Waals surface area contributed by atoms with Crippen molar-refractivity contribution >= 4 is 28.4 Å². The lowest BCUT2D eigenvalue weighted by Crippen LogP contribution is -2.42. The second-order valence-corrected chi connectivity index (χ2v) is 7.08. The molecule has 0 radical (unpaired) electrons. The highest BCUT2D eigenvalue weighted by molar-refractivity contribution is 6.35. The Labute approximate surface area is 141 Å². The van der Waals surface area contributed by atoms with Crippen LogP contribution in [0.25, 0.3) is 10.9 Å². The maximum absolute atomic E-state index is 12.5. The Bertz CT molecular complexity index is 777. The third kappa shape index (κ3) is 2.78. The molecule has 1 amide bonds. The summed E-state index contributed by atoms with van der Waals surface area (Å²) in [6.07, 6.45) is 10.0. The summed E-state index contributed by atoms with van der Waals surface area (Å²) in [4.78, 5) is 15.9. The predicted octanol–water partition coefficient (Wildman–Crippen LogP) is 4.15. The lowest BCUT2D eigenvalue weighted by Gasteiger charge is -2.26. The molecule has 0 saturated heterocycles. The van der Waals surface area contributed by atoms with Crippen LogP contribution in [0.3, 0.4) is 0 Å². The number of carbonyl (C=O) groups is 1. The van der Waals surface area contributed by atoms with Crippen LogP contribution >= 0.6 is 11.6 Å². The number of fused-ring (bicyclic) bond motifs is 3. The summed E-state index contributed by atoms with van der Waals surface area (Å²) in [5.41, 5.74) is 3.63. The second kappa shape index (κ2) is 6.04. The fourth-order valence-electron chi connectivity index (χ4n) is 3.88. The van der Waals surface area contributed by atoms with E-state index in [2.05, 4.69) is 28.5 Å². The molecule has 2 aromatic rings. The number of amides is 1. The zero-order chi connectivity index (χ0) is 15.8. The van der Waals surface area contributed by atoms with E-state index >= 15 is 0 Å². The molecule has 4 rings (SSSR count). The molecule has 4 heteroatoms. The molecule has 1 heterocycles. The van der Waals surface area contributed by atoms with Crippen molar-refractivity contribution in [2.75, 3.05) is 0 Å². The van der Waals surface area contributed by atoms with E-state index in [1.165, 1.54) is 16.6 Å². The number of hydrogen-bond donors (Lipinski definition) is 2. The fraction of sp³-hybridized carbons (Fsp3) is 0.421. The smallest absolute Gasteiger partial charge is 0.223 e. The van der Waals surface area contributed by atoms with Crippen molar-refractivity contribution in [1.82, 2.24) is 10.3 Å². The number of halogens is 1. The number of rotatable bonds is 2. The van der Waals surface area contributed by atoms with Crippen LogP contribution < -0.4 is 5.32 Å². The minimum atomic E-state index is 0.152. The highest BCUT2D eigenvalue weighted by Gasteiger charge is 2.26. The van der Waals surface area contributed by atoms with Crippen LogP contribution in [-0.4, -0.2) is 16.9 Å². The summed E-state index contributed by atoms with van der Waals surface area (Å²) < 4.78 is 0. The first-order valence-corrected chi connectivity index (χ1v) is 8.83. The van der Waals surface area contributed by atoms with Crippen LogP contribution in [0.4, 0.5) is 0 Å². The Morgan fingerprint density at radius 2 is 2.17 bits per heavy atom. The Morgan fingerprint density at radius 3 is 3.00 bits per heavy atom. The van der Waals surface area contributed by atoms with Crippen LogP contribution in [0.1, 0.15) is 36.9 Å². The predicted molar refractivity (Wildman–Crippen MR) is 93.7 cm³/mol. The summed E-state index contributed by atoms with van der Waals surface area (Å²) in [7, 11) is 0. The first-order valence-electron chi connectivity index (χ1n) is 8.45. The number of hydrogen-bond acceptors (Lipinski definition) is 1. The van der Waals surface area contributed by atoms with Gasteiger partial charge in [-0.2, -0.15) is 0 Å². The van der Waals surface area contributed by atoms with Crippen LogP contribution in [-0.2, 0) is 17.6 Å². The molecule has 2 aliphatic rings. The van der Waals surface area contributed by atoms with E-state index < -0.39 is 0 Å². The number of aromatic nitrogens is 1. The number of H-pyrrole nitrogens is 1. The number of allylic oxidation sites excluding steroid dienone is 2. The van der Waals surface area contributed by atoms with Crippen LogP contribution in [0.5, 0.6) is 0 Å². The van der Waals surface area contributed by atoms with Gasteiger partial charge in [-0.15, -0.1) is 0 Å². The number of benzene rings is 1. The van der Waals surface area contributed by atoms with E-state index in [1.54, 1.807) is 0 Å². The molecule has 0 saturated carbocycles. The van der Waals surface area contributed by atoms with E-state index in [9.17, 15) is 4.79 Å². The molecule has 0 spiro atoms. The van der Waals surface area contributed by atoms with E-state index in [0.717, 1.165) is 49.1 Å². The zero-order valence-corrected chi connectivity index (χ0v) is 13.8. The number of aryl methyl sites for hydroxylation is 1. The number of carbonyl (C=O) groups excluding carboxylic acids is 1. The van der Waals surface area contributed by atoms with Gasteiger partial charge < -0.3 is 10.3 Å². The Kier molecular flexibility index (Phi) is 3.90. The molecule has 0 bridgehead atoms. The van der Waals surface area contributed by atoms with Crippen LogP contribution in [0, 0.1) is 5.92 Å². The van der Waals surface area contributed by atoms with Gasteiger partial charge in [0, 0.05) is 23.0 Å². The molecule has 2 unspecified atom stereocenters. The van der Waals surface area contributed by atoms with E-state index in [0.29, 0.717) is 0 Å². The average molecular weight is 329 g/mol. The minimum Gasteiger partial charge on any atom is -0.357 e. The van der Waals surface area contributed by atoms with E-state index in [4.69, 9.17) is 11.6 Å². The SMILES string of the molecule is O=C(NC1CCc2[nH]c3c(Cl)cccc3c2C1)C1CC=CCC1. The lowest BCUT2D eigenvalue weighted by molar-refractivity contribution is -0.126. The lowest BCUT2D eigenvalue weighted by atomic mass is 9.89. The average Bonchev–Trinajstić information content (AvgIpc) is 2.95. The van der Waals surface area contributed by atoms with Crippen molar-refractivity contribution in [1.29, 1.82) is 0 Å². The van der Waals surface area contributed by atoms with Gasteiger partial charge in [0.2, 0.25) is 5.91 Å². The van der Waals surface area contributed by atoms with Crippen molar-refractivity contribution in [2.45, 2.75) is 44.6 Å². The molecule has 1 aromatic heterocycles. The van der Waals surface area contributed by atoms with Gasteiger partial charge >= 0.3 is 0 Å². The van der Waals surface area contributed by atoms with Crippen LogP contribution in [0.15, 0.2) is 30.4 Å². The van der Waals surface area contributed by atoms with Gasteiger partial charge in [-0.25, -0.2) is 0 Å².